The van der Waals surface area contributed by atoms with Crippen LogP contribution in [0.5, 0.6) is 11.5 Å². The van der Waals surface area contributed by atoms with Crippen LogP contribution in [0.3, 0.4) is 0 Å². The zero-order valence-electron chi connectivity index (χ0n) is 17.3. The number of aryl methyl sites for hydroxylation is 1. The maximum atomic E-state index is 12.5. The summed E-state index contributed by atoms with van der Waals surface area (Å²) in [5, 5.41) is 12.5. The number of benzene rings is 2. The molecule has 7 nitrogen and oxygen atoms in total. The molecular formula is C22H23ClN4O3S. The number of halogens is 1. The first-order valence-electron chi connectivity index (χ1n) is 9.49. The van der Waals surface area contributed by atoms with E-state index in [2.05, 4.69) is 22.1 Å². The molecule has 31 heavy (non-hydrogen) atoms. The summed E-state index contributed by atoms with van der Waals surface area (Å²) < 4.78 is 13.0. The van der Waals surface area contributed by atoms with Crippen molar-refractivity contribution in [2.45, 2.75) is 25.2 Å². The van der Waals surface area contributed by atoms with Gasteiger partial charge in [0, 0.05) is 17.6 Å². The summed E-state index contributed by atoms with van der Waals surface area (Å²) in [6.07, 6.45) is 1.75. The number of carbonyl (C=O) groups is 1. The van der Waals surface area contributed by atoms with Gasteiger partial charge in [-0.1, -0.05) is 47.6 Å². The standard InChI is InChI=1S/C22H23ClN4O3S/c1-4-10-27-20(13-30-16-8-6-5-7-9-16)25-26-22(27)31-14-21(28)24-18-11-15(2)17(23)12-19(18)29-3/h4-9,11-12H,1,10,13-14H2,2-3H3,(H,24,28). The van der Waals surface area contributed by atoms with Crippen LogP contribution in [0.2, 0.25) is 5.02 Å². The topological polar surface area (TPSA) is 78.3 Å². The van der Waals surface area contributed by atoms with E-state index in [0.717, 1.165) is 11.3 Å². The summed E-state index contributed by atoms with van der Waals surface area (Å²) in [6.45, 7) is 6.43. The minimum absolute atomic E-state index is 0.152. The molecule has 0 aliphatic heterocycles. The fourth-order valence-corrected chi connectivity index (χ4v) is 3.68. The van der Waals surface area contributed by atoms with Crippen LogP contribution >= 0.6 is 23.4 Å². The number of ether oxygens (including phenoxy) is 2. The normalized spacial score (nSPS) is 10.5. The largest absolute Gasteiger partial charge is 0.495 e. The summed E-state index contributed by atoms with van der Waals surface area (Å²) in [5.41, 5.74) is 1.42. The molecule has 0 bridgehead atoms. The van der Waals surface area contributed by atoms with Gasteiger partial charge in [-0.05, 0) is 30.7 Å². The molecule has 2 aromatic carbocycles. The maximum Gasteiger partial charge on any atom is 0.234 e. The second-order valence-corrected chi connectivity index (χ2v) is 7.89. The average molecular weight is 459 g/mol. The van der Waals surface area contributed by atoms with Gasteiger partial charge in [0.25, 0.3) is 0 Å². The van der Waals surface area contributed by atoms with Crippen molar-refractivity contribution in [3.8, 4) is 11.5 Å². The number of amides is 1. The number of hydrogen-bond donors (Lipinski definition) is 1. The van der Waals surface area contributed by atoms with E-state index in [1.165, 1.54) is 18.9 Å². The van der Waals surface area contributed by atoms with Gasteiger partial charge >= 0.3 is 0 Å². The summed E-state index contributed by atoms with van der Waals surface area (Å²) in [5.74, 6) is 1.86. The monoisotopic (exact) mass is 458 g/mol. The Morgan fingerprint density at radius 2 is 2.06 bits per heavy atom. The molecule has 0 aliphatic carbocycles. The number of methoxy groups -OCH3 is 1. The molecule has 1 amide bonds. The van der Waals surface area contributed by atoms with E-state index in [1.807, 2.05) is 41.8 Å². The predicted octanol–water partition coefficient (Wildman–Crippen LogP) is 4.74. The van der Waals surface area contributed by atoms with Crippen LogP contribution in [0.15, 0.2) is 60.3 Å². The third-order valence-corrected chi connectivity index (χ3v) is 5.68. The number of nitrogens with one attached hydrogen (secondary N) is 1. The SMILES string of the molecule is C=CCn1c(COc2ccccc2)nnc1SCC(=O)Nc1cc(C)c(Cl)cc1OC. The molecule has 1 aromatic heterocycles. The molecule has 3 rings (SSSR count). The molecule has 0 radical (unpaired) electrons. The lowest BCUT2D eigenvalue weighted by atomic mass is 10.2. The lowest BCUT2D eigenvalue weighted by Crippen LogP contribution is -2.15. The first kappa shape index (κ1) is 22.7. The third kappa shape index (κ3) is 6.02. The first-order valence-corrected chi connectivity index (χ1v) is 10.9. The van der Waals surface area contributed by atoms with Crippen LogP contribution in [-0.2, 0) is 17.9 Å². The summed E-state index contributed by atoms with van der Waals surface area (Å²) in [4.78, 5) is 12.5. The molecule has 1 heterocycles. The molecule has 3 aromatic rings. The van der Waals surface area contributed by atoms with Gasteiger partial charge in [0.2, 0.25) is 5.91 Å². The van der Waals surface area contributed by atoms with Crippen molar-refractivity contribution < 1.29 is 14.3 Å². The van der Waals surface area contributed by atoms with Crippen LogP contribution in [-0.4, -0.2) is 33.5 Å². The second kappa shape index (κ2) is 10.9. The van der Waals surface area contributed by atoms with E-state index in [-0.39, 0.29) is 18.3 Å². The highest BCUT2D eigenvalue weighted by atomic mass is 35.5. The fraction of sp³-hybridized carbons (Fsp3) is 0.227. The number of thioether (sulfide) groups is 1. The van der Waals surface area contributed by atoms with Crippen LogP contribution in [0, 0.1) is 6.92 Å². The minimum Gasteiger partial charge on any atom is -0.495 e. The highest BCUT2D eigenvalue weighted by Gasteiger charge is 2.15. The van der Waals surface area contributed by atoms with Crippen molar-refractivity contribution in [1.29, 1.82) is 0 Å². The number of para-hydroxylation sites is 1. The molecule has 162 valence electrons. The van der Waals surface area contributed by atoms with Gasteiger partial charge in [0.1, 0.15) is 18.1 Å². The zero-order chi connectivity index (χ0) is 22.2. The second-order valence-electron chi connectivity index (χ2n) is 6.54. The first-order chi connectivity index (χ1) is 15.0. The Morgan fingerprint density at radius 3 is 2.77 bits per heavy atom. The summed E-state index contributed by atoms with van der Waals surface area (Å²) >= 11 is 7.41. The van der Waals surface area contributed by atoms with Crippen LogP contribution in [0.1, 0.15) is 11.4 Å². The lowest BCUT2D eigenvalue weighted by Gasteiger charge is -2.12. The van der Waals surface area contributed by atoms with Crippen molar-refractivity contribution in [2.75, 3.05) is 18.2 Å². The van der Waals surface area contributed by atoms with E-state index < -0.39 is 0 Å². The van der Waals surface area contributed by atoms with Crippen molar-refractivity contribution in [3.05, 3.63) is 71.5 Å². The number of allylic oxidation sites excluding steroid dienone is 1. The Balaban J connectivity index is 1.64. The molecule has 1 N–H and O–H groups in total. The molecule has 0 fully saturated rings. The van der Waals surface area contributed by atoms with Crippen LogP contribution in [0.4, 0.5) is 5.69 Å². The number of nitrogens with zero attached hydrogens (tertiary/aromatic N) is 3. The Bertz CT molecular complexity index is 1060. The molecule has 0 unspecified atom stereocenters. The zero-order valence-corrected chi connectivity index (χ0v) is 18.9. The van der Waals surface area contributed by atoms with Gasteiger partial charge < -0.3 is 14.8 Å². The van der Waals surface area contributed by atoms with Gasteiger partial charge in [0.05, 0.1) is 18.6 Å². The van der Waals surface area contributed by atoms with E-state index in [1.54, 1.807) is 18.2 Å². The Hall–Kier alpha value is -2.97. The van der Waals surface area contributed by atoms with E-state index in [0.29, 0.717) is 34.0 Å². The summed E-state index contributed by atoms with van der Waals surface area (Å²) in [6, 6.07) is 12.9. The Morgan fingerprint density at radius 1 is 1.29 bits per heavy atom. The van der Waals surface area contributed by atoms with E-state index in [9.17, 15) is 4.79 Å². The fourth-order valence-electron chi connectivity index (χ4n) is 2.76. The number of carbonyl (C=O) groups excluding carboxylic acids is 1. The van der Waals surface area contributed by atoms with Crippen molar-refractivity contribution in [3.63, 3.8) is 0 Å². The van der Waals surface area contributed by atoms with E-state index >= 15 is 0 Å². The van der Waals surface area contributed by atoms with Gasteiger partial charge in [-0.25, -0.2) is 0 Å². The molecular weight excluding hydrogens is 436 g/mol. The van der Waals surface area contributed by atoms with E-state index in [4.69, 9.17) is 21.1 Å². The van der Waals surface area contributed by atoms with Gasteiger partial charge in [-0.2, -0.15) is 0 Å². The maximum absolute atomic E-state index is 12.5. The lowest BCUT2D eigenvalue weighted by molar-refractivity contribution is -0.113. The third-order valence-electron chi connectivity index (χ3n) is 4.30. The van der Waals surface area contributed by atoms with Crippen molar-refractivity contribution in [1.82, 2.24) is 14.8 Å². The average Bonchev–Trinajstić information content (AvgIpc) is 3.15. The quantitative estimate of drug-likeness (QED) is 0.349. The van der Waals surface area contributed by atoms with Crippen LogP contribution < -0.4 is 14.8 Å². The minimum atomic E-state index is -0.194. The van der Waals surface area contributed by atoms with Gasteiger partial charge in [-0.3, -0.25) is 9.36 Å². The van der Waals surface area contributed by atoms with Crippen LogP contribution in [0.25, 0.3) is 0 Å². The Kier molecular flexibility index (Phi) is 7.97. The predicted molar refractivity (Wildman–Crippen MR) is 123 cm³/mol. The molecule has 0 atom stereocenters. The molecule has 0 saturated carbocycles. The number of aromatic nitrogens is 3. The smallest absolute Gasteiger partial charge is 0.234 e. The Labute approximate surface area is 190 Å². The van der Waals surface area contributed by atoms with Gasteiger partial charge in [0.15, 0.2) is 11.0 Å². The van der Waals surface area contributed by atoms with Gasteiger partial charge in [-0.15, -0.1) is 16.8 Å². The number of rotatable bonds is 10. The van der Waals surface area contributed by atoms with Crippen molar-refractivity contribution in [2.24, 2.45) is 0 Å². The number of anilines is 1. The van der Waals surface area contributed by atoms with Crippen molar-refractivity contribution >= 4 is 35.0 Å². The highest BCUT2D eigenvalue weighted by Crippen LogP contribution is 2.31. The molecule has 0 aliphatic rings. The molecule has 9 heteroatoms. The molecule has 0 spiro atoms. The highest BCUT2D eigenvalue weighted by molar-refractivity contribution is 7.99. The molecule has 0 saturated heterocycles. The number of hydrogen-bond acceptors (Lipinski definition) is 6. The summed E-state index contributed by atoms with van der Waals surface area (Å²) in [7, 11) is 1.53.